The Kier molecular flexibility index (Phi) is 2.19. The van der Waals surface area contributed by atoms with Crippen molar-refractivity contribution in [2.75, 3.05) is 0 Å². The van der Waals surface area contributed by atoms with Crippen LogP contribution in [-0.2, 0) is 4.79 Å². The van der Waals surface area contributed by atoms with Gasteiger partial charge in [-0.2, -0.15) is 0 Å². The first kappa shape index (κ1) is 7.86. The van der Waals surface area contributed by atoms with Crippen LogP contribution in [0.2, 0.25) is 0 Å². The molecule has 1 aliphatic carbocycles. The summed E-state index contributed by atoms with van der Waals surface area (Å²) in [5, 5.41) is 8.58. The van der Waals surface area contributed by atoms with E-state index < -0.39 is 5.97 Å². The van der Waals surface area contributed by atoms with E-state index in [1.807, 2.05) is 6.92 Å². The summed E-state index contributed by atoms with van der Waals surface area (Å²) in [6, 6.07) is 0. The molecule has 0 aliphatic heterocycles. The second-order valence-corrected chi connectivity index (χ2v) is 3.33. The van der Waals surface area contributed by atoms with Crippen molar-refractivity contribution >= 4 is 17.6 Å². The molecule has 0 spiro atoms. The minimum absolute atomic E-state index is 0.0705. The number of carboxylic acids is 1. The molecular weight excluding hydrogens is 152 g/mol. The van der Waals surface area contributed by atoms with Crippen LogP contribution in [0.5, 0.6) is 0 Å². The van der Waals surface area contributed by atoms with E-state index in [9.17, 15) is 4.79 Å². The molecule has 1 rings (SSSR count). The maximum atomic E-state index is 10.3. The molecule has 0 bridgehead atoms. The molecule has 10 heavy (non-hydrogen) atoms. The normalized spacial score (nSPS) is 33.4. The predicted molar refractivity (Wildman–Crippen MR) is 39.2 cm³/mol. The van der Waals surface area contributed by atoms with Gasteiger partial charge in [0.25, 0.3) is 0 Å². The average molecular weight is 163 g/mol. The third-order valence-electron chi connectivity index (χ3n) is 2.01. The molecule has 3 atom stereocenters. The van der Waals surface area contributed by atoms with Crippen LogP contribution >= 0.6 is 11.6 Å². The number of alkyl halides is 1. The number of carbonyl (C=O) groups is 1. The monoisotopic (exact) mass is 162 g/mol. The lowest BCUT2D eigenvalue weighted by Gasteiger charge is -2.01. The van der Waals surface area contributed by atoms with Gasteiger partial charge in [-0.3, -0.25) is 4.79 Å². The molecule has 0 radical (unpaired) electrons. The summed E-state index contributed by atoms with van der Waals surface area (Å²) in [5.41, 5.74) is 0. The van der Waals surface area contributed by atoms with Gasteiger partial charge in [0.2, 0.25) is 0 Å². The van der Waals surface area contributed by atoms with Gasteiger partial charge in [-0.15, -0.1) is 11.6 Å². The molecule has 1 fully saturated rings. The highest BCUT2D eigenvalue weighted by molar-refractivity contribution is 6.21. The standard InChI is InChI=1S/C7H11ClO2/c1-2-6(8)4-3-5(4)7(9)10/h4-6H,2-3H2,1H3,(H,9,10). The lowest BCUT2D eigenvalue weighted by atomic mass is 10.2. The molecule has 3 heteroatoms. The van der Waals surface area contributed by atoms with Crippen molar-refractivity contribution in [2.24, 2.45) is 11.8 Å². The highest BCUT2D eigenvalue weighted by Crippen LogP contribution is 2.44. The largest absolute Gasteiger partial charge is 0.481 e. The second-order valence-electron chi connectivity index (χ2n) is 2.77. The van der Waals surface area contributed by atoms with Gasteiger partial charge in [-0.1, -0.05) is 6.92 Å². The number of aliphatic carboxylic acids is 1. The zero-order chi connectivity index (χ0) is 7.72. The maximum absolute atomic E-state index is 10.3. The van der Waals surface area contributed by atoms with Crippen LogP contribution in [0.3, 0.4) is 0 Å². The van der Waals surface area contributed by atoms with Gasteiger partial charge in [0, 0.05) is 5.38 Å². The summed E-state index contributed by atoms with van der Waals surface area (Å²) in [7, 11) is 0. The van der Waals surface area contributed by atoms with E-state index in [1.54, 1.807) is 0 Å². The molecule has 0 amide bonds. The van der Waals surface area contributed by atoms with E-state index in [-0.39, 0.29) is 17.2 Å². The summed E-state index contributed by atoms with van der Waals surface area (Å²) < 4.78 is 0. The van der Waals surface area contributed by atoms with Crippen molar-refractivity contribution in [3.8, 4) is 0 Å². The molecule has 0 aromatic heterocycles. The van der Waals surface area contributed by atoms with Gasteiger partial charge >= 0.3 is 5.97 Å². The van der Waals surface area contributed by atoms with Crippen molar-refractivity contribution in [2.45, 2.75) is 25.1 Å². The van der Waals surface area contributed by atoms with Gasteiger partial charge in [0.05, 0.1) is 5.92 Å². The number of rotatable bonds is 3. The van der Waals surface area contributed by atoms with Crippen molar-refractivity contribution in [3.05, 3.63) is 0 Å². The number of halogens is 1. The maximum Gasteiger partial charge on any atom is 0.306 e. The molecule has 3 unspecified atom stereocenters. The Hall–Kier alpha value is -0.240. The third-order valence-corrected chi connectivity index (χ3v) is 2.64. The average Bonchev–Trinajstić information content (AvgIpc) is 2.64. The van der Waals surface area contributed by atoms with Crippen molar-refractivity contribution < 1.29 is 9.90 Å². The van der Waals surface area contributed by atoms with Gasteiger partial charge in [-0.25, -0.2) is 0 Å². The highest BCUT2D eigenvalue weighted by atomic mass is 35.5. The molecule has 0 saturated heterocycles. The lowest BCUT2D eigenvalue weighted by molar-refractivity contribution is -0.138. The molecule has 0 aromatic rings. The minimum atomic E-state index is -0.691. The van der Waals surface area contributed by atoms with Crippen molar-refractivity contribution in [1.29, 1.82) is 0 Å². The third kappa shape index (κ3) is 1.43. The van der Waals surface area contributed by atoms with Crippen LogP contribution in [0.4, 0.5) is 0 Å². The van der Waals surface area contributed by atoms with Crippen LogP contribution in [0.1, 0.15) is 19.8 Å². The Morgan fingerprint density at radius 1 is 1.90 bits per heavy atom. The quantitative estimate of drug-likeness (QED) is 0.642. The zero-order valence-corrected chi connectivity index (χ0v) is 6.64. The molecule has 1 aliphatic rings. The summed E-state index contributed by atoms with van der Waals surface area (Å²) in [5.74, 6) is -0.601. The lowest BCUT2D eigenvalue weighted by Crippen LogP contribution is -2.06. The zero-order valence-electron chi connectivity index (χ0n) is 5.88. The fraction of sp³-hybridized carbons (Fsp3) is 0.857. The van der Waals surface area contributed by atoms with E-state index in [2.05, 4.69) is 0 Å². The first-order valence-electron chi connectivity index (χ1n) is 3.53. The van der Waals surface area contributed by atoms with Crippen LogP contribution < -0.4 is 0 Å². The smallest absolute Gasteiger partial charge is 0.306 e. The number of carboxylic acid groups (broad SMARTS) is 1. The second kappa shape index (κ2) is 2.79. The SMILES string of the molecule is CCC(Cl)C1CC1C(=O)O. The minimum Gasteiger partial charge on any atom is -0.481 e. The molecule has 1 saturated carbocycles. The van der Waals surface area contributed by atoms with Gasteiger partial charge < -0.3 is 5.11 Å². The van der Waals surface area contributed by atoms with Crippen molar-refractivity contribution in [3.63, 3.8) is 0 Å². The van der Waals surface area contributed by atoms with E-state index in [4.69, 9.17) is 16.7 Å². The molecule has 2 nitrogen and oxygen atoms in total. The van der Waals surface area contributed by atoms with E-state index in [1.165, 1.54) is 0 Å². The van der Waals surface area contributed by atoms with Crippen LogP contribution in [0.15, 0.2) is 0 Å². The molecule has 0 heterocycles. The fourth-order valence-corrected chi connectivity index (χ4v) is 1.48. The van der Waals surface area contributed by atoms with Gasteiger partial charge in [0.1, 0.15) is 0 Å². The van der Waals surface area contributed by atoms with Crippen molar-refractivity contribution in [1.82, 2.24) is 0 Å². The Balaban J connectivity index is 2.31. The number of hydrogen-bond donors (Lipinski definition) is 1. The Bertz CT molecular complexity index is 147. The van der Waals surface area contributed by atoms with Crippen LogP contribution in [-0.4, -0.2) is 16.5 Å². The fourth-order valence-electron chi connectivity index (χ4n) is 1.20. The molecule has 58 valence electrons. The molecule has 1 N–H and O–H groups in total. The summed E-state index contributed by atoms with van der Waals surface area (Å²) >= 11 is 5.84. The number of hydrogen-bond acceptors (Lipinski definition) is 1. The Morgan fingerprint density at radius 2 is 2.50 bits per heavy atom. The predicted octanol–water partition coefficient (Wildman–Crippen LogP) is 1.72. The summed E-state index contributed by atoms with van der Waals surface area (Å²) in [6.07, 6.45) is 1.65. The van der Waals surface area contributed by atoms with E-state index in [0.29, 0.717) is 0 Å². The van der Waals surface area contributed by atoms with Gasteiger partial charge in [0.15, 0.2) is 0 Å². The first-order valence-corrected chi connectivity index (χ1v) is 3.97. The highest BCUT2D eigenvalue weighted by Gasteiger charge is 2.46. The molecular formula is C7H11ClO2. The first-order chi connectivity index (χ1) is 4.66. The van der Waals surface area contributed by atoms with Crippen LogP contribution in [0, 0.1) is 11.8 Å². The van der Waals surface area contributed by atoms with E-state index >= 15 is 0 Å². The topological polar surface area (TPSA) is 37.3 Å². The Labute approximate surface area is 65.2 Å². The summed E-state index contributed by atoms with van der Waals surface area (Å²) in [4.78, 5) is 10.3. The van der Waals surface area contributed by atoms with Gasteiger partial charge in [-0.05, 0) is 18.8 Å². The molecule has 0 aromatic carbocycles. The van der Waals surface area contributed by atoms with E-state index in [0.717, 1.165) is 12.8 Å². The Morgan fingerprint density at radius 3 is 2.80 bits per heavy atom. The van der Waals surface area contributed by atoms with Crippen LogP contribution in [0.25, 0.3) is 0 Å². The summed E-state index contributed by atoms with van der Waals surface area (Å²) in [6.45, 7) is 1.98.